The molecule has 0 unspecified atom stereocenters. The van der Waals surface area contributed by atoms with Crippen LogP contribution in [0.3, 0.4) is 0 Å². The zero-order chi connectivity index (χ0) is 23.2. The van der Waals surface area contributed by atoms with E-state index in [0.717, 1.165) is 22.0 Å². The molecule has 0 bridgehead atoms. The van der Waals surface area contributed by atoms with Crippen molar-refractivity contribution in [3.05, 3.63) is 95.2 Å². The van der Waals surface area contributed by atoms with Crippen LogP contribution in [0.5, 0.6) is 11.5 Å². The quantitative estimate of drug-likeness (QED) is 0.301. The fourth-order valence-electron chi connectivity index (χ4n) is 3.57. The molecule has 1 N–H and O–H groups in total. The lowest BCUT2D eigenvalue weighted by atomic mass is 10.2. The van der Waals surface area contributed by atoms with Gasteiger partial charge in [0.15, 0.2) is 11.5 Å². The van der Waals surface area contributed by atoms with Crippen LogP contribution in [0.4, 0.5) is 0 Å². The van der Waals surface area contributed by atoms with Gasteiger partial charge in [-0.25, -0.2) is 5.43 Å². The molecule has 3 aromatic carbocycles. The lowest BCUT2D eigenvalue weighted by Crippen LogP contribution is -2.20. The number of nitrogens with one attached hydrogen (secondary N) is 1. The number of hydrazone groups is 1. The molecule has 0 atom stereocenters. The number of amides is 1. The van der Waals surface area contributed by atoms with Crippen molar-refractivity contribution in [3.8, 4) is 11.5 Å². The van der Waals surface area contributed by atoms with E-state index in [1.54, 1.807) is 6.21 Å². The molecule has 1 amide bonds. The summed E-state index contributed by atoms with van der Waals surface area (Å²) in [6.07, 6.45) is 1.59. The van der Waals surface area contributed by atoms with Crippen molar-refractivity contribution in [2.75, 3.05) is 6.61 Å². The number of para-hydroxylation sites is 1. The molecular weight excluding hydrogens is 414 g/mol. The van der Waals surface area contributed by atoms with Crippen molar-refractivity contribution in [3.63, 3.8) is 0 Å². The van der Waals surface area contributed by atoms with Gasteiger partial charge in [-0.15, -0.1) is 0 Å². The predicted octanol–water partition coefficient (Wildman–Crippen LogP) is 5.23. The van der Waals surface area contributed by atoms with E-state index in [9.17, 15) is 4.79 Å². The number of aryl methyl sites for hydroxylation is 2. The van der Waals surface area contributed by atoms with Gasteiger partial charge in [0, 0.05) is 18.0 Å². The fraction of sp³-hybridized carbons (Fsp3) is 0.185. The van der Waals surface area contributed by atoms with Gasteiger partial charge in [0.2, 0.25) is 0 Å². The van der Waals surface area contributed by atoms with Gasteiger partial charge in [0.05, 0.1) is 12.8 Å². The second kappa shape index (κ2) is 10.0. The number of carbonyl (C=O) groups excluding carboxylic acids is 1. The molecule has 0 aliphatic rings. The third-order valence-corrected chi connectivity index (χ3v) is 5.35. The minimum Gasteiger partial charge on any atom is -0.490 e. The Bertz CT molecular complexity index is 1290. The van der Waals surface area contributed by atoms with Crippen LogP contribution in [0.15, 0.2) is 77.9 Å². The van der Waals surface area contributed by atoms with Crippen molar-refractivity contribution >= 4 is 23.0 Å². The monoisotopic (exact) mass is 441 g/mol. The van der Waals surface area contributed by atoms with Crippen LogP contribution in [0, 0.1) is 6.92 Å². The highest BCUT2D eigenvalue weighted by molar-refractivity contribution is 5.99. The van der Waals surface area contributed by atoms with Crippen LogP contribution in [0.25, 0.3) is 10.9 Å². The molecule has 1 heterocycles. The molecule has 0 radical (unpaired) electrons. The first-order valence-electron chi connectivity index (χ1n) is 10.9. The standard InChI is InChI=1S/C27H27N3O3/c1-4-32-26-15-21(13-14-25(26)33-18-20-11-9-19(2)10-12-20)17-28-29-27(31)24-16-22-7-5-6-8-23(22)30(24)3/h5-17H,4,18H2,1-3H3,(H,29,31)/b28-17+. The largest absolute Gasteiger partial charge is 0.490 e. The Hall–Kier alpha value is -4.06. The molecule has 0 spiro atoms. The van der Waals surface area contributed by atoms with E-state index >= 15 is 0 Å². The van der Waals surface area contributed by atoms with E-state index in [4.69, 9.17) is 9.47 Å². The van der Waals surface area contributed by atoms with E-state index in [1.807, 2.05) is 67.1 Å². The first-order valence-corrected chi connectivity index (χ1v) is 10.9. The Morgan fingerprint density at radius 1 is 1.00 bits per heavy atom. The normalized spacial score (nSPS) is 11.1. The van der Waals surface area contributed by atoms with Gasteiger partial charge in [-0.3, -0.25) is 4.79 Å². The van der Waals surface area contributed by atoms with Crippen molar-refractivity contribution in [1.29, 1.82) is 0 Å². The highest BCUT2D eigenvalue weighted by Gasteiger charge is 2.12. The van der Waals surface area contributed by atoms with Gasteiger partial charge in [-0.05, 0) is 55.3 Å². The molecule has 6 nitrogen and oxygen atoms in total. The smallest absolute Gasteiger partial charge is 0.287 e. The Morgan fingerprint density at radius 3 is 2.55 bits per heavy atom. The van der Waals surface area contributed by atoms with Gasteiger partial charge in [0.25, 0.3) is 5.91 Å². The zero-order valence-corrected chi connectivity index (χ0v) is 19.0. The fourth-order valence-corrected chi connectivity index (χ4v) is 3.57. The Balaban J connectivity index is 1.43. The summed E-state index contributed by atoms with van der Waals surface area (Å²) in [5, 5.41) is 5.14. The first kappa shape index (κ1) is 22.1. The summed E-state index contributed by atoms with van der Waals surface area (Å²) in [5.41, 5.74) is 7.23. The van der Waals surface area contributed by atoms with E-state index < -0.39 is 0 Å². The van der Waals surface area contributed by atoms with E-state index in [1.165, 1.54) is 5.56 Å². The Morgan fingerprint density at radius 2 is 1.79 bits per heavy atom. The number of hydrogen-bond donors (Lipinski definition) is 1. The number of carbonyl (C=O) groups is 1. The molecule has 168 valence electrons. The van der Waals surface area contributed by atoms with Crippen molar-refractivity contribution < 1.29 is 14.3 Å². The molecule has 4 rings (SSSR count). The van der Waals surface area contributed by atoms with Crippen LogP contribution in [-0.2, 0) is 13.7 Å². The Kier molecular flexibility index (Phi) is 6.74. The number of fused-ring (bicyclic) bond motifs is 1. The lowest BCUT2D eigenvalue weighted by Gasteiger charge is -2.13. The average Bonchev–Trinajstić information content (AvgIpc) is 3.16. The summed E-state index contributed by atoms with van der Waals surface area (Å²) >= 11 is 0. The molecule has 1 aromatic heterocycles. The maximum absolute atomic E-state index is 12.6. The number of nitrogens with zero attached hydrogens (tertiary/aromatic N) is 2. The predicted molar refractivity (Wildman–Crippen MR) is 131 cm³/mol. The van der Waals surface area contributed by atoms with Gasteiger partial charge in [-0.1, -0.05) is 48.0 Å². The highest BCUT2D eigenvalue weighted by Crippen LogP contribution is 2.29. The van der Waals surface area contributed by atoms with Gasteiger partial charge >= 0.3 is 0 Å². The lowest BCUT2D eigenvalue weighted by molar-refractivity contribution is 0.0947. The molecular formula is C27H27N3O3. The summed E-state index contributed by atoms with van der Waals surface area (Å²) in [5.74, 6) is 1.02. The first-order chi connectivity index (χ1) is 16.0. The van der Waals surface area contributed by atoms with Gasteiger partial charge in [0.1, 0.15) is 12.3 Å². The van der Waals surface area contributed by atoms with Crippen LogP contribution >= 0.6 is 0 Å². The molecule has 6 heteroatoms. The summed E-state index contributed by atoms with van der Waals surface area (Å²) < 4.78 is 13.6. The Labute approximate surface area is 193 Å². The molecule has 4 aromatic rings. The summed E-state index contributed by atoms with van der Waals surface area (Å²) in [6.45, 7) is 4.95. The third kappa shape index (κ3) is 5.23. The number of aromatic nitrogens is 1. The minimum atomic E-state index is -0.270. The molecule has 0 saturated carbocycles. The summed E-state index contributed by atoms with van der Waals surface area (Å²) in [4.78, 5) is 12.6. The third-order valence-electron chi connectivity index (χ3n) is 5.35. The van der Waals surface area contributed by atoms with E-state index in [-0.39, 0.29) is 5.91 Å². The molecule has 0 saturated heterocycles. The van der Waals surface area contributed by atoms with Crippen molar-refractivity contribution in [2.45, 2.75) is 20.5 Å². The topological polar surface area (TPSA) is 64.8 Å². The molecule has 0 aliphatic carbocycles. The molecule has 0 aliphatic heterocycles. The average molecular weight is 442 g/mol. The van der Waals surface area contributed by atoms with Crippen LogP contribution in [0.1, 0.15) is 34.1 Å². The zero-order valence-electron chi connectivity index (χ0n) is 19.0. The second-order valence-corrected chi connectivity index (χ2v) is 7.76. The number of ether oxygens (including phenoxy) is 2. The van der Waals surface area contributed by atoms with Crippen molar-refractivity contribution in [2.24, 2.45) is 12.1 Å². The van der Waals surface area contributed by atoms with Crippen LogP contribution in [-0.4, -0.2) is 23.3 Å². The summed E-state index contributed by atoms with van der Waals surface area (Å²) in [7, 11) is 1.87. The minimum absolute atomic E-state index is 0.270. The molecule has 33 heavy (non-hydrogen) atoms. The second-order valence-electron chi connectivity index (χ2n) is 7.76. The SMILES string of the molecule is CCOc1cc(/C=N/NC(=O)c2cc3ccccc3n2C)ccc1OCc1ccc(C)cc1. The van der Waals surface area contributed by atoms with Crippen molar-refractivity contribution in [1.82, 2.24) is 9.99 Å². The highest BCUT2D eigenvalue weighted by atomic mass is 16.5. The van der Waals surface area contributed by atoms with E-state index in [0.29, 0.717) is 30.4 Å². The number of hydrogen-bond acceptors (Lipinski definition) is 4. The van der Waals surface area contributed by atoms with Crippen LogP contribution < -0.4 is 14.9 Å². The maximum atomic E-state index is 12.6. The molecule has 0 fully saturated rings. The maximum Gasteiger partial charge on any atom is 0.287 e. The van der Waals surface area contributed by atoms with Crippen LogP contribution in [0.2, 0.25) is 0 Å². The van der Waals surface area contributed by atoms with Gasteiger partial charge < -0.3 is 14.0 Å². The number of benzene rings is 3. The summed E-state index contributed by atoms with van der Waals surface area (Å²) in [6, 6.07) is 23.5. The van der Waals surface area contributed by atoms with Gasteiger partial charge in [-0.2, -0.15) is 5.10 Å². The van der Waals surface area contributed by atoms with E-state index in [2.05, 4.69) is 41.7 Å². The number of rotatable bonds is 8.